The summed E-state index contributed by atoms with van der Waals surface area (Å²) >= 11 is 3.43. The molecule has 0 saturated heterocycles. The molecule has 1 fully saturated rings. The molecule has 0 aromatic rings. The minimum Gasteiger partial charge on any atom is -0.342 e. The van der Waals surface area contributed by atoms with E-state index in [4.69, 9.17) is 0 Å². The van der Waals surface area contributed by atoms with Gasteiger partial charge in [-0.1, -0.05) is 42.1 Å². The summed E-state index contributed by atoms with van der Waals surface area (Å²) in [6.45, 7) is 5.99. The monoisotopic (exact) mass is 289 g/mol. The Labute approximate surface area is 108 Å². The van der Waals surface area contributed by atoms with Crippen molar-refractivity contribution in [3.63, 3.8) is 0 Å². The fourth-order valence-corrected chi connectivity index (χ4v) is 2.83. The lowest BCUT2D eigenvalue weighted by Crippen LogP contribution is -2.43. The lowest BCUT2D eigenvalue weighted by Gasteiger charge is -2.36. The van der Waals surface area contributed by atoms with Gasteiger partial charge in [-0.15, -0.1) is 0 Å². The standard InChI is InChI=1S/C13H24BrNO/c1-3-15(11-7-10-14)12(16)13(2)8-5-4-6-9-13/h3-11H2,1-2H3. The van der Waals surface area contributed by atoms with Crippen molar-refractivity contribution in [3.8, 4) is 0 Å². The van der Waals surface area contributed by atoms with Crippen LogP contribution in [0.4, 0.5) is 0 Å². The SMILES string of the molecule is CCN(CCCBr)C(=O)C1(C)CCCCC1. The second-order valence-electron chi connectivity index (χ2n) is 5.05. The smallest absolute Gasteiger partial charge is 0.228 e. The number of halogens is 1. The molecule has 0 radical (unpaired) electrons. The lowest BCUT2D eigenvalue weighted by atomic mass is 9.74. The molecular weight excluding hydrogens is 266 g/mol. The van der Waals surface area contributed by atoms with Crippen molar-refractivity contribution in [2.75, 3.05) is 18.4 Å². The van der Waals surface area contributed by atoms with Crippen LogP contribution in [0, 0.1) is 5.41 Å². The van der Waals surface area contributed by atoms with Crippen LogP contribution in [-0.2, 0) is 4.79 Å². The Balaban J connectivity index is 2.58. The molecule has 0 spiro atoms. The quantitative estimate of drug-likeness (QED) is 0.709. The molecule has 1 rings (SSSR count). The molecule has 0 heterocycles. The van der Waals surface area contributed by atoms with Gasteiger partial charge < -0.3 is 4.90 Å². The summed E-state index contributed by atoms with van der Waals surface area (Å²) in [4.78, 5) is 14.5. The Bertz CT molecular complexity index is 224. The number of carbonyl (C=O) groups is 1. The third kappa shape index (κ3) is 3.47. The molecule has 1 amide bonds. The van der Waals surface area contributed by atoms with Crippen molar-refractivity contribution in [2.45, 2.75) is 52.4 Å². The molecule has 1 saturated carbocycles. The van der Waals surface area contributed by atoms with E-state index in [1.165, 1.54) is 19.3 Å². The molecule has 0 aromatic carbocycles. The average molecular weight is 290 g/mol. The Hall–Kier alpha value is -0.0500. The van der Waals surface area contributed by atoms with E-state index < -0.39 is 0 Å². The Morgan fingerprint density at radius 2 is 1.94 bits per heavy atom. The topological polar surface area (TPSA) is 20.3 Å². The van der Waals surface area contributed by atoms with Gasteiger partial charge in [0.05, 0.1) is 0 Å². The zero-order valence-electron chi connectivity index (χ0n) is 10.6. The first-order valence-corrected chi connectivity index (χ1v) is 7.61. The van der Waals surface area contributed by atoms with Gasteiger partial charge in [-0.2, -0.15) is 0 Å². The zero-order valence-corrected chi connectivity index (χ0v) is 12.2. The van der Waals surface area contributed by atoms with E-state index in [-0.39, 0.29) is 5.41 Å². The number of carbonyl (C=O) groups excluding carboxylic acids is 1. The third-order valence-electron chi connectivity index (χ3n) is 3.70. The number of nitrogens with zero attached hydrogens (tertiary/aromatic N) is 1. The van der Waals surface area contributed by atoms with Gasteiger partial charge in [0.1, 0.15) is 0 Å². The van der Waals surface area contributed by atoms with Crippen LogP contribution in [0.1, 0.15) is 52.4 Å². The number of rotatable bonds is 5. The number of amides is 1. The van der Waals surface area contributed by atoms with Gasteiger partial charge in [-0.25, -0.2) is 0 Å². The van der Waals surface area contributed by atoms with Crippen molar-refractivity contribution in [2.24, 2.45) is 5.41 Å². The van der Waals surface area contributed by atoms with E-state index in [9.17, 15) is 4.79 Å². The predicted molar refractivity (Wildman–Crippen MR) is 71.9 cm³/mol. The highest BCUT2D eigenvalue weighted by Crippen LogP contribution is 2.37. The Morgan fingerprint density at radius 3 is 2.44 bits per heavy atom. The Morgan fingerprint density at radius 1 is 1.31 bits per heavy atom. The van der Waals surface area contributed by atoms with E-state index in [2.05, 4.69) is 29.8 Å². The van der Waals surface area contributed by atoms with Crippen LogP contribution in [0.3, 0.4) is 0 Å². The van der Waals surface area contributed by atoms with E-state index in [0.717, 1.165) is 37.7 Å². The highest BCUT2D eigenvalue weighted by Gasteiger charge is 2.36. The van der Waals surface area contributed by atoms with Gasteiger partial charge in [0.2, 0.25) is 5.91 Å². The van der Waals surface area contributed by atoms with Gasteiger partial charge in [0.15, 0.2) is 0 Å². The highest BCUT2D eigenvalue weighted by molar-refractivity contribution is 9.09. The molecule has 94 valence electrons. The molecule has 2 nitrogen and oxygen atoms in total. The van der Waals surface area contributed by atoms with Crippen LogP contribution >= 0.6 is 15.9 Å². The minimum atomic E-state index is -0.0689. The number of hydrogen-bond donors (Lipinski definition) is 0. The molecule has 1 aliphatic rings. The van der Waals surface area contributed by atoms with Crippen molar-refractivity contribution in [1.29, 1.82) is 0 Å². The maximum absolute atomic E-state index is 12.5. The summed E-state index contributed by atoms with van der Waals surface area (Å²) in [5.41, 5.74) is -0.0689. The zero-order chi connectivity index (χ0) is 12.0. The first-order valence-electron chi connectivity index (χ1n) is 6.49. The molecule has 0 aliphatic heterocycles. The maximum Gasteiger partial charge on any atom is 0.228 e. The van der Waals surface area contributed by atoms with Gasteiger partial charge in [0.25, 0.3) is 0 Å². The van der Waals surface area contributed by atoms with Gasteiger partial charge in [0, 0.05) is 23.8 Å². The van der Waals surface area contributed by atoms with Gasteiger partial charge >= 0.3 is 0 Å². The second kappa shape index (κ2) is 6.63. The molecule has 0 atom stereocenters. The normalized spacial score (nSPS) is 19.4. The van der Waals surface area contributed by atoms with Crippen LogP contribution in [0.25, 0.3) is 0 Å². The van der Waals surface area contributed by atoms with Crippen LogP contribution in [-0.4, -0.2) is 29.2 Å². The third-order valence-corrected chi connectivity index (χ3v) is 4.26. The molecule has 3 heteroatoms. The summed E-state index contributed by atoms with van der Waals surface area (Å²) in [7, 11) is 0. The second-order valence-corrected chi connectivity index (χ2v) is 5.84. The molecule has 0 unspecified atom stereocenters. The summed E-state index contributed by atoms with van der Waals surface area (Å²) in [5.74, 6) is 0.385. The first kappa shape index (κ1) is 14.0. The van der Waals surface area contributed by atoms with E-state index in [1.54, 1.807) is 0 Å². The molecule has 0 bridgehead atoms. The Kier molecular flexibility index (Phi) is 5.81. The van der Waals surface area contributed by atoms with Crippen LogP contribution in [0.15, 0.2) is 0 Å². The first-order chi connectivity index (χ1) is 7.64. The number of hydrogen-bond acceptors (Lipinski definition) is 1. The minimum absolute atomic E-state index is 0.0689. The summed E-state index contributed by atoms with van der Waals surface area (Å²) in [6, 6.07) is 0. The van der Waals surface area contributed by atoms with E-state index in [1.807, 2.05) is 4.90 Å². The molecule has 0 N–H and O–H groups in total. The molecule has 0 aromatic heterocycles. The van der Waals surface area contributed by atoms with E-state index in [0.29, 0.717) is 5.91 Å². The summed E-state index contributed by atoms with van der Waals surface area (Å²) in [6.07, 6.45) is 6.95. The fraction of sp³-hybridized carbons (Fsp3) is 0.923. The largest absolute Gasteiger partial charge is 0.342 e. The van der Waals surface area contributed by atoms with Gasteiger partial charge in [-0.3, -0.25) is 4.79 Å². The van der Waals surface area contributed by atoms with Crippen LogP contribution < -0.4 is 0 Å². The number of alkyl halides is 1. The predicted octanol–water partition coefficient (Wildman–Crippen LogP) is 3.59. The van der Waals surface area contributed by atoms with Crippen molar-refractivity contribution in [1.82, 2.24) is 4.90 Å². The molecule has 16 heavy (non-hydrogen) atoms. The maximum atomic E-state index is 12.5. The van der Waals surface area contributed by atoms with Crippen LogP contribution in [0.5, 0.6) is 0 Å². The molecule has 1 aliphatic carbocycles. The van der Waals surface area contributed by atoms with Gasteiger partial charge in [-0.05, 0) is 26.2 Å². The van der Waals surface area contributed by atoms with Crippen molar-refractivity contribution >= 4 is 21.8 Å². The summed E-state index contributed by atoms with van der Waals surface area (Å²) in [5, 5.41) is 0.980. The average Bonchev–Trinajstić information content (AvgIpc) is 2.31. The van der Waals surface area contributed by atoms with Crippen molar-refractivity contribution in [3.05, 3.63) is 0 Å². The highest BCUT2D eigenvalue weighted by atomic mass is 79.9. The summed E-state index contributed by atoms with van der Waals surface area (Å²) < 4.78 is 0. The van der Waals surface area contributed by atoms with Crippen molar-refractivity contribution < 1.29 is 4.79 Å². The molecular formula is C13H24BrNO. The fourth-order valence-electron chi connectivity index (χ4n) is 2.58. The van der Waals surface area contributed by atoms with Crippen LogP contribution in [0.2, 0.25) is 0 Å². The lowest BCUT2D eigenvalue weighted by molar-refractivity contribution is -0.142. The van der Waals surface area contributed by atoms with E-state index >= 15 is 0 Å².